The van der Waals surface area contributed by atoms with Crippen LogP contribution in [-0.4, -0.2) is 37.9 Å². The SMILES string of the molecule is CC#CC(=O)N(c1ccc2c(n1)c(O[C@@H]1C[C@H](C(=O)O)C1(C)C)nn2C)c1cc(C)c(C)cc1C1CC1. The predicted molar refractivity (Wildman–Crippen MR) is 141 cm³/mol. The van der Waals surface area contributed by atoms with Crippen LogP contribution in [0.25, 0.3) is 11.0 Å². The normalized spacial score (nSPS) is 20.1. The van der Waals surface area contributed by atoms with Crippen LogP contribution in [0.2, 0.25) is 0 Å². The maximum atomic E-state index is 13.4. The number of nitrogens with zero attached hydrogens (tertiary/aromatic N) is 4. The van der Waals surface area contributed by atoms with E-state index in [9.17, 15) is 14.7 Å². The summed E-state index contributed by atoms with van der Waals surface area (Å²) in [5, 5.41) is 14.0. The van der Waals surface area contributed by atoms with E-state index in [2.05, 4.69) is 29.9 Å². The van der Waals surface area contributed by atoms with Gasteiger partial charge in [0.25, 0.3) is 5.88 Å². The summed E-state index contributed by atoms with van der Waals surface area (Å²) < 4.78 is 7.93. The first kappa shape index (κ1) is 24.8. The van der Waals surface area contributed by atoms with Gasteiger partial charge in [-0.3, -0.25) is 19.2 Å². The van der Waals surface area contributed by atoms with Crippen molar-refractivity contribution in [3.8, 4) is 17.7 Å². The molecule has 1 amide bonds. The Labute approximate surface area is 216 Å². The van der Waals surface area contributed by atoms with Gasteiger partial charge in [-0.05, 0) is 86.8 Å². The Morgan fingerprint density at radius 2 is 1.89 bits per heavy atom. The zero-order chi connectivity index (χ0) is 26.6. The van der Waals surface area contributed by atoms with Crippen LogP contribution in [0.1, 0.15) is 62.6 Å². The van der Waals surface area contributed by atoms with E-state index in [0.29, 0.717) is 29.6 Å². The minimum absolute atomic E-state index is 0.304. The highest BCUT2D eigenvalue weighted by atomic mass is 16.5. The summed E-state index contributed by atoms with van der Waals surface area (Å²) in [6.45, 7) is 9.56. The Hall–Kier alpha value is -3.86. The lowest BCUT2D eigenvalue weighted by Crippen LogP contribution is -2.55. The molecule has 2 aliphatic rings. The Morgan fingerprint density at radius 1 is 1.19 bits per heavy atom. The summed E-state index contributed by atoms with van der Waals surface area (Å²) >= 11 is 0. The minimum atomic E-state index is -0.817. The molecule has 2 saturated carbocycles. The number of fused-ring (bicyclic) bond motifs is 1. The van der Waals surface area contributed by atoms with Crippen molar-refractivity contribution in [2.75, 3.05) is 4.90 Å². The van der Waals surface area contributed by atoms with Crippen molar-refractivity contribution in [1.29, 1.82) is 0 Å². The topological polar surface area (TPSA) is 97.6 Å². The first-order valence-corrected chi connectivity index (χ1v) is 12.6. The van der Waals surface area contributed by atoms with Crippen LogP contribution in [-0.2, 0) is 16.6 Å². The second kappa shape index (κ2) is 8.91. The molecule has 2 aliphatic carbocycles. The molecule has 8 heteroatoms. The summed E-state index contributed by atoms with van der Waals surface area (Å²) in [6.07, 6.45) is 2.29. The summed E-state index contributed by atoms with van der Waals surface area (Å²) in [4.78, 5) is 31.4. The van der Waals surface area contributed by atoms with Crippen molar-refractivity contribution in [2.24, 2.45) is 18.4 Å². The number of aryl methyl sites for hydroxylation is 3. The summed E-state index contributed by atoms with van der Waals surface area (Å²) in [7, 11) is 1.81. The molecule has 1 aromatic carbocycles. The molecule has 2 atom stereocenters. The highest BCUT2D eigenvalue weighted by molar-refractivity contribution is 6.11. The van der Waals surface area contributed by atoms with Gasteiger partial charge in [0.2, 0.25) is 0 Å². The van der Waals surface area contributed by atoms with Gasteiger partial charge in [-0.2, -0.15) is 0 Å². The highest BCUT2D eigenvalue weighted by Crippen LogP contribution is 2.49. The van der Waals surface area contributed by atoms with Gasteiger partial charge in [0.15, 0.2) is 5.52 Å². The molecule has 3 aromatic rings. The number of aromatic nitrogens is 3. The smallest absolute Gasteiger partial charge is 0.308 e. The fraction of sp³-hybridized carbons (Fsp3) is 0.448. The number of amides is 1. The Balaban J connectivity index is 1.59. The van der Waals surface area contributed by atoms with Crippen molar-refractivity contribution in [3.63, 3.8) is 0 Å². The number of pyridine rings is 1. The molecule has 37 heavy (non-hydrogen) atoms. The van der Waals surface area contributed by atoms with Crippen LogP contribution in [0.3, 0.4) is 0 Å². The number of carbonyl (C=O) groups excluding carboxylic acids is 1. The van der Waals surface area contributed by atoms with Gasteiger partial charge in [-0.25, -0.2) is 4.98 Å². The van der Waals surface area contributed by atoms with Crippen LogP contribution in [0.4, 0.5) is 11.5 Å². The molecule has 0 bridgehead atoms. The van der Waals surface area contributed by atoms with Crippen LogP contribution in [0.15, 0.2) is 24.3 Å². The predicted octanol–water partition coefficient (Wildman–Crippen LogP) is 5.03. The quantitative estimate of drug-likeness (QED) is 0.477. The van der Waals surface area contributed by atoms with Crippen molar-refractivity contribution in [1.82, 2.24) is 14.8 Å². The van der Waals surface area contributed by atoms with Crippen LogP contribution in [0.5, 0.6) is 5.88 Å². The third kappa shape index (κ3) is 4.22. The Kier molecular flexibility index (Phi) is 5.98. The lowest BCUT2D eigenvalue weighted by atomic mass is 9.60. The average Bonchev–Trinajstić information content (AvgIpc) is 3.63. The minimum Gasteiger partial charge on any atom is -0.481 e. The number of rotatable bonds is 6. The summed E-state index contributed by atoms with van der Waals surface area (Å²) in [5.74, 6) is 4.99. The molecule has 1 N–H and O–H groups in total. The van der Waals surface area contributed by atoms with Crippen molar-refractivity contribution in [2.45, 2.75) is 65.9 Å². The molecular formula is C29H32N4O4. The number of hydrogen-bond donors (Lipinski definition) is 1. The Morgan fingerprint density at radius 3 is 2.51 bits per heavy atom. The van der Waals surface area contributed by atoms with Gasteiger partial charge in [-0.15, -0.1) is 5.10 Å². The zero-order valence-corrected chi connectivity index (χ0v) is 22.1. The van der Waals surface area contributed by atoms with Gasteiger partial charge in [0, 0.05) is 12.5 Å². The fourth-order valence-corrected chi connectivity index (χ4v) is 5.18. The maximum Gasteiger partial charge on any atom is 0.308 e. The number of carboxylic acid groups (broad SMARTS) is 1. The second-order valence-corrected chi connectivity index (χ2v) is 10.8. The second-order valence-electron chi connectivity index (χ2n) is 10.8. The van der Waals surface area contributed by atoms with Gasteiger partial charge < -0.3 is 9.84 Å². The Bertz CT molecular complexity index is 1490. The first-order valence-electron chi connectivity index (χ1n) is 12.6. The van der Waals surface area contributed by atoms with Crippen molar-refractivity contribution < 1.29 is 19.4 Å². The molecule has 0 spiro atoms. The summed E-state index contributed by atoms with van der Waals surface area (Å²) in [6, 6.07) is 7.91. The fourth-order valence-electron chi connectivity index (χ4n) is 5.18. The number of aliphatic carboxylic acids is 1. The number of anilines is 2. The van der Waals surface area contributed by atoms with E-state index in [4.69, 9.17) is 9.72 Å². The average molecular weight is 501 g/mol. The van der Waals surface area contributed by atoms with E-state index in [1.54, 1.807) is 16.5 Å². The van der Waals surface area contributed by atoms with E-state index in [0.717, 1.165) is 35.2 Å². The molecule has 2 fully saturated rings. The van der Waals surface area contributed by atoms with E-state index in [1.807, 2.05) is 46.0 Å². The zero-order valence-electron chi connectivity index (χ0n) is 22.1. The van der Waals surface area contributed by atoms with Crippen LogP contribution in [0, 0.1) is 37.0 Å². The van der Waals surface area contributed by atoms with Gasteiger partial charge in [0.05, 0.1) is 17.1 Å². The largest absolute Gasteiger partial charge is 0.481 e. The monoisotopic (exact) mass is 500 g/mol. The van der Waals surface area contributed by atoms with Crippen LogP contribution < -0.4 is 9.64 Å². The lowest BCUT2D eigenvalue weighted by Gasteiger charge is -2.48. The molecule has 192 valence electrons. The third-order valence-corrected chi connectivity index (χ3v) is 7.95. The number of hydrogen-bond acceptors (Lipinski definition) is 5. The molecule has 5 rings (SSSR count). The molecule has 8 nitrogen and oxygen atoms in total. The number of carbonyl (C=O) groups is 2. The lowest BCUT2D eigenvalue weighted by molar-refractivity contribution is -0.165. The molecule has 0 unspecified atom stereocenters. The highest BCUT2D eigenvalue weighted by Gasteiger charge is 2.54. The molecule has 0 aliphatic heterocycles. The van der Waals surface area contributed by atoms with Gasteiger partial charge in [0.1, 0.15) is 11.9 Å². The van der Waals surface area contributed by atoms with Gasteiger partial charge >= 0.3 is 11.9 Å². The third-order valence-electron chi connectivity index (χ3n) is 7.95. The van der Waals surface area contributed by atoms with E-state index in [1.165, 1.54) is 5.56 Å². The van der Waals surface area contributed by atoms with Crippen LogP contribution >= 0.6 is 0 Å². The van der Waals surface area contributed by atoms with Gasteiger partial charge in [-0.1, -0.05) is 25.8 Å². The molecule has 2 heterocycles. The molecule has 0 saturated heterocycles. The number of benzene rings is 1. The standard InChI is InChI=1S/C29H32N4O4/c1-7-8-25(34)33(22-14-17(3)16(2)13-19(22)18-9-10-18)24-12-11-21-26(30-24)27(31-32(21)6)37-23-15-20(28(35)36)29(23,4)5/h11-14,18,20,23H,9-10,15H2,1-6H3,(H,35,36)/t20-,23-/m1/s1. The van der Waals surface area contributed by atoms with E-state index >= 15 is 0 Å². The first-order chi connectivity index (χ1) is 17.5. The molecule has 0 radical (unpaired) electrons. The number of carboxylic acids is 1. The van der Waals surface area contributed by atoms with E-state index < -0.39 is 17.3 Å². The molecular weight excluding hydrogens is 468 g/mol. The van der Waals surface area contributed by atoms with Crippen molar-refractivity contribution in [3.05, 3.63) is 41.0 Å². The number of ether oxygens (including phenoxy) is 1. The maximum absolute atomic E-state index is 13.4. The molecule has 2 aromatic heterocycles. The van der Waals surface area contributed by atoms with E-state index in [-0.39, 0.29) is 12.0 Å². The van der Waals surface area contributed by atoms with Crippen molar-refractivity contribution >= 4 is 34.4 Å². The summed E-state index contributed by atoms with van der Waals surface area (Å²) in [5.41, 5.74) is 4.96.